The third-order valence-electron chi connectivity index (χ3n) is 3.92. The molecule has 2 nitrogen and oxygen atoms in total. The molecule has 0 saturated heterocycles. The number of ether oxygens (including phenoxy) is 1. The Labute approximate surface area is 138 Å². The molecular weight excluding hydrogens is 350 g/mol. The molecule has 1 atom stereocenters. The predicted molar refractivity (Wildman–Crippen MR) is 74.7 cm³/mol. The van der Waals surface area contributed by atoms with Gasteiger partial charge in [-0.15, -0.1) is 0 Å². The molecule has 0 fully saturated rings. The van der Waals surface area contributed by atoms with Crippen LogP contribution >= 0.6 is 0 Å². The highest BCUT2D eigenvalue weighted by molar-refractivity contribution is 5.92. The Morgan fingerprint density at radius 2 is 1.40 bits per heavy atom. The Morgan fingerprint density at radius 3 is 1.96 bits per heavy atom. The minimum Gasteiger partial charge on any atom is -0.454 e. The minimum atomic E-state index is -4.56. The Bertz CT molecular complexity index is 805. The summed E-state index contributed by atoms with van der Waals surface area (Å²) in [5.41, 5.74) is -1.30. The molecular formula is C17H10F6O2. The number of hydrogen-bond acceptors (Lipinski definition) is 2. The summed E-state index contributed by atoms with van der Waals surface area (Å²) >= 11 is 0. The van der Waals surface area contributed by atoms with Crippen LogP contribution < -0.4 is 0 Å². The normalized spacial score (nSPS) is 17.8. The van der Waals surface area contributed by atoms with Crippen LogP contribution in [0, 0.1) is 0 Å². The maximum atomic E-state index is 12.8. The average Bonchev–Trinajstić information content (AvgIpc) is 2.52. The lowest BCUT2D eigenvalue weighted by molar-refractivity contribution is -0.138. The third-order valence-corrected chi connectivity index (χ3v) is 3.92. The van der Waals surface area contributed by atoms with E-state index in [-0.39, 0.29) is 23.1 Å². The number of benzene rings is 2. The van der Waals surface area contributed by atoms with Crippen LogP contribution in [-0.4, -0.2) is 5.97 Å². The van der Waals surface area contributed by atoms with Crippen molar-refractivity contribution in [2.45, 2.75) is 24.9 Å². The van der Waals surface area contributed by atoms with Crippen molar-refractivity contribution in [3.63, 3.8) is 0 Å². The molecule has 0 spiro atoms. The van der Waals surface area contributed by atoms with Gasteiger partial charge in [-0.1, -0.05) is 12.1 Å². The van der Waals surface area contributed by atoms with Gasteiger partial charge in [-0.3, -0.25) is 0 Å². The molecule has 0 saturated carbocycles. The largest absolute Gasteiger partial charge is 0.454 e. The van der Waals surface area contributed by atoms with Gasteiger partial charge < -0.3 is 4.74 Å². The van der Waals surface area contributed by atoms with Crippen LogP contribution in [0.1, 0.15) is 38.7 Å². The number of carbonyl (C=O) groups excluding carboxylic acids is 1. The molecule has 1 aliphatic heterocycles. The molecule has 3 rings (SSSR count). The summed E-state index contributed by atoms with van der Waals surface area (Å²) < 4.78 is 81.3. The zero-order valence-electron chi connectivity index (χ0n) is 12.4. The second-order valence-corrected chi connectivity index (χ2v) is 5.59. The number of cyclic esters (lactones) is 1. The number of halogens is 6. The molecule has 1 unspecified atom stereocenters. The smallest absolute Gasteiger partial charge is 0.416 e. The number of alkyl halides is 6. The van der Waals surface area contributed by atoms with E-state index in [1.807, 2.05) is 0 Å². The lowest BCUT2D eigenvalue weighted by atomic mass is 9.92. The van der Waals surface area contributed by atoms with E-state index in [4.69, 9.17) is 4.74 Å². The molecule has 0 amide bonds. The Balaban J connectivity index is 1.91. The quantitative estimate of drug-likeness (QED) is 0.518. The fraction of sp³-hybridized carbons (Fsp3) is 0.235. The van der Waals surface area contributed by atoms with Crippen LogP contribution in [0.25, 0.3) is 0 Å². The van der Waals surface area contributed by atoms with Gasteiger partial charge in [0.25, 0.3) is 0 Å². The van der Waals surface area contributed by atoms with Gasteiger partial charge in [0.05, 0.1) is 16.7 Å². The molecule has 1 heterocycles. The third kappa shape index (κ3) is 3.47. The number of fused-ring (bicyclic) bond motifs is 1. The van der Waals surface area contributed by atoms with E-state index in [2.05, 4.69) is 0 Å². The topological polar surface area (TPSA) is 26.3 Å². The second kappa shape index (κ2) is 5.79. The molecule has 0 aromatic heterocycles. The van der Waals surface area contributed by atoms with Gasteiger partial charge >= 0.3 is 18.3 Å². The fourth-order valence-corrected chi connectivity index (χ4v) is 2.64. The zero-order valence-corrected chi connectivity index (χ0v) is 12.4. The SMILES string of the molecule is O=C1OC(c2ccc(C(F)(F)F)cc2)Cc2cc(C(F)(F)F)ccc21. The highest BCUT2D eigenvalue weighted by Gasteiger charge is 2.35. The van der Waals surface area contributed by atoms with E-state index >= 15 is 0 Å². The van der Waals surface area contributed by atoms with Gasteiger partial charge in [-0.05, 0) is 41.5 Å². The molecule has 0 N–H and O–H groups in total. The van der Waals surface area contributed by atoms with Crippen molar-refractivity contribution in [1.82, 2.24) is 0 Å². The van der Waals surface area contributed by atoms with Crippen LogP contribution in [0.5, 0.6) is 0 Å². The van der Waals surface area contributed by atoms with Crippen molar-refractivity contribution in [2.75, 3.05) is 0 Å². The lowest BCUT2D eigenvalue weighted by Crippen LogP contribution is -2.22. The summed E-state index contributed by atoms with van der Waals surface area (Å²) in [7, 11) is 0. The lowest BCUT2D eigenvalue weighted by Gasteiger charge is -2.26. The molecule has 0 bridgehead atoms. The van der Waals surface area contributed by atoms with Gasteiger partial charge in [0.15, 0.2) is 0 Å². The Morgan fingerprint density at radius 1 is 0.840 bits per heavy atom. The molecule has 2 aromatic carbocycles. The first-order valence-corrected chi connectivity index (χ1v) is 7.14. The summed E-state index contributed by atoms with van der Waals surface area (Å²) in [6, 6.07) is 6.68. The highest BCUT2D eigenvalue weighted by Crippen LogP contribution is 2.36. The van der Waals surface area contributed by atoms with E-state index < -0.39 is 35.6 Å². The molecule has 0 radical (unpaired) electrons. The summed E-state index contributed by atoms with van der Waals surface area (Å²) in [5, 5.41) is 0. The van der Waals surface area contributed by atoms with E-state index in [0.717, 1.165) is 42.5 Å². The van der Waals surface area contributed by atoms with Crippen molar-refractivity contribution in [3.8, 4) is 0 Å². The number of carbonyl (C=O) groups is 1. The monoisotopic (exact) mass is 360 g/mol. The maximum absolute atomic E-state index is 12.8. The minimum absolute atomic E-state index is 0.0242. The molecule has 25 heavy (non-hydrogen) atoms. The summed E-state index contributed by atoms with van der Waals surface area (Å²) in [4.78, 5) is 12.0. The first-order chi connectivity index (χ1) is 11.6. The molecule has 1 aliphatic rings. The van der Waals surface area contributed by atoms with Gasteiger partial charge in [-0.2, -0.15) is 26.3 Å². The average molecular weight is 360 g/mol. The molecule has 132 valence electrons. The molecule has 8 heteroatoms. The van der Waals surface area contributed by atoms with Crippen molar-refractivity contribution < 1.29 is 35.9 Å². The Hall–Kier alpha value is -2.51. The van der Waals surface area contributed by atoms with Gasteiger partial charge in [-0.25, -0.2) is 4.79 Å². The van der Waals surface area contributed by atoms with Crippen molar-refractivity contribution in [1.29, 1.82) is 0 Å². The fourth-order valence-electron chi connectivity index (χ4n) is 2.64. The maximum Gasteiger partial charge on any atom is 0.416 e. The van der Waals surface area contributed by atoms with E-state index in [1.165, 1.54) is 0 Å². The first-order valence-electron chi connectivity index (χ1n) is 7.14. The number of esters is 1. The van der Waals surface area contributed by atoms with Crippen LogP contribution in [0.3, 0.4) is 0 Å². The summed E-state index contributed by atoms with van der Waals surface area (Å²) in [5.74, 6) is -0.806. The highest BCUT2D eigenvalue weighted by atomic mass is 19.4. The van der Waals surface area contributed by atoms with Crippen molar-refractivity contribution in [3.05, 3.63) is 70.3 Å². The second-order valence-electron chi connectivity index (χ2n) is 5.59. The Kier molecular flexibility index (Phi) is 4.01. The predicted octanol–water partition coefficient (Wildman–Crippen LogP) is 5.18. The van der Waals surface area contributed by atoms with Crippen LogP contribution in [0.2, 0.25) is 0 Å². The van der Waals surface area contributed by atoms with Crippen LogP contribution in [-0.2, 0) is 23.5 Å². The first kappa shape index (κ1) is 17.3. The van der Waals surface area contributed by atoms with Gasteiger partial charge in [0.1, 0.15) is 6.10 Å². The van der Waals surface area contributed by atoms with Gasteiger partial charge in [0.2, 0.25) is 0 Å². The van der Waals surface area contributed by atoms with Gasteiger partial charge in [0, 0.05) is 6.42 Å². The zero-order chi connectivity index (χ0) is 18.4. The summed E-state index contributed by atoms with van der Waals surface area (Å²) in [6.07, 6.45) is -10.0. The standard InChI is InChI=1S/C17H10F6O2/c18-16(19,20)11-3-1-9(2-4-11)14-8-10-7-12(17(21,22)23)5-6-13(10)15(24)25-14/h1-7,14H,8H2. The van der Waals surface area contributed by atoms with Crippen molar-refractivity contribution in [2.24, 2.45) is 0 Å². The van der Waals surface area contributed by atoms with Crippen molar-refractivity contribution >= 4 is 5.97 Å². The van der Waals surface area contributed by atoms with Crippen LogP contribution in [0.15, 0.2) is 42.5 Å². The summed E-state index contributed by atoms with van der Waals surface area (Å²) in [6.45, 7) is 0. The number of hydrogen-bond donors (Lipinski definition) is 0. The molecule has 0 aliphatic carbocycles. The van der Waals surface area contributed by atoms with Crippen LogP contribution in [0.4, 0.5) is 26.3 Å². The number of rotatable bonds is 1. The molecule has 2 aromatic rings. The van der Waals surface area contributed by atoms with E-state index in [1.54, 1.807) is 0 Å². The van der Waals surface area contributed by atoms with E-state index in [0.29, 0.717) is 0 Å². The van der Waals surface area contributed by atoms with E-state index in [9.17, 15) is 31.1 Å².